The van der Waals surface area contributed by atoms with Crippen molar-refractivity contribution in [1.29, 1.82) is 0 Å². The van der Waals surface area contributed by atoms with Gasteiger partial charge in [0.2, 0.25) is 5.82 Å². The summed E-state index contributed by atoms with van der Waals surface area (Å²) in [5.41, 5.74) is 2.03. The summed E-state index contributed by atoms with van der Waals surface area (Å²) < 4.78 is 6.79. The van der Waals surface area contributed by atoms with Gasteiger partial charge in [-0.3, -0.25) is 0 Å². The number of benzene rings is 2. The van der Waals surface area contributed by atoms with Crippen molar-refractivity contribution >= 4 is 33.2 Å². The molecule has 0 spiro atoms. The molecular weight excluding hydrogens is 392 g/mol. The molecule has 4 aromatic rings. The molecule has 7 heteroatoms. The van der Waals surface area contributed by atoms with Crippen LogP contribution in [0, 0.1) is 0 Å². The number of hydrogen-bond donors (Lipinski definition) is 1. The highest BCUT2D eigenvalue weighted by molar-refractivity contribution is 7.18. The van der Waals surface area contributed by atoms with Gasteiger partial charge in [-0.1, -0.05) is 28.9 Å². The number of piperidine rings is 1. The Morgan fingerprint density at radius 3 is 2.82 bits per heavy atom. The third-order valence-electron chi connectivity index (χ3n) is 5.25. The Balaban J connectivity index is 1.28. The molecule has 0 bridgehead atoms. The van der Waals surface area contributed by atoms with E-state index in [1.165, 1.54) is 27.4 Å². The fraction of sp³-hybridized carbons (Fsp3) is 0.286. The summed E-state index contributed by atoms with van der Waals surface area (Å²) in [6.07, 6.45) is 2.39. The molecule has 0 amide bonds. The van der Waals surface area contributed by atoms with E-state index in [0.29, 0.717) is 22.7 Å². The minimum atomic E-state index is 0.500. The van der Waals surface area contributed by atoms with E-state index in [2.05, 4.69) is 34.4 Å². The van der Waals surface area contributed by atoms with Crippen LogP contribution in [0.2, 0.25) is 5.02 Å². The minimum absolute atomic E-state index is 0.500. The molecule has 1 N–H and O–H groups in total. The summed E-state index contributed by atoms with van der Waals surface area (Å²) in [5, 5.41) is 6.09. The first-order chi connectivity index (χ1) is 13.7. The van der Waals surface area contributed by atoms with Crippen molar-refractivity contribution in [2.24, 2.45) is 0 Å². The second-order valence-corrected chi connectivity index (χ2v) is 8.76. The number of rotatable bonds is 4. The van der Waals surface area contributed by atoms with E-state index in [4.69, 9.17) is 21.1 Å². The van der Waals surface area contributed by atoms with Gasteiger partial charge in [-0.2, -0.15) is 4.98 Å². The fourth-order valence-corrected chi connectivity index (χ4v) is 5.07. The molecule has 0 aliphatic carbocycles. The normalized spacial score (nSPS) is 19.9. The van der Waals surface area contributed by atoms with E-state index in [-0.39, 0.29) is 0 Å². The number of likely N-dealkylation sites (tertiary alicyclic amines) is 1. The van der Waals surface area contributed by atoms with E-state index in [1.54, 1.807) is 0 Å². The maximum Gasteiger partial charge on any atom is 0.282 e. The van der Waals surface area contributed by atoms with Crippen molar-refractivity contribution in [3.8, 4) is 11.4 Å². The number of para-hydroxylation sites is 1. The third-order valence-corrected chi connectivity index (χ3v) is 6.70. The van der Waals surface area contributed by atoms with Crippen molar-refractivity contribution in [2.45, 2.75) is 25.3 Å². The molecule has 3 heterocycles. The summed E-state index contributed by atoms with van der Waals surface area (Å²) in [6, 6.07) is 15.9. The van der Waals surface area contributed by atoms with Gasteiger partial charge < -0.3 is 9.42 Å². The van der Waals surface area contributed by atoms with Crippen LogP contribution in [-0.4, -0.2) is 28.2 Å². The number of halogens is 1. The Morgan fingerprint density at radius 2 is 1.96 bits per heavy atom. The number of aromatic nitrogens is 3. The number of nitrogens with one attached hydrogen (secondary N) is 1. The smallest absolute Gasteiger partial charge is 0.282 e. The zero-order valence-corrected chi connectivity index (χ0v) is 16.8. The van der Waals surface area contributed by atoms with Crippen LogP contribution in [0.4, 0.5) is 0 Å². The minimum Gasteiger partial charge on any atom is -0.333 e. The Bertz CT molecular complexity index is 1060. The number of nitrogens with zero attached hydrogens (tertiary/aromatic N) is 3. The van der Waals surface area contributed by atoms with Crippen molar-refractivity contribution in [3.05, 3.63) is 64.5 Å². The van der Waals surface area contributed by atoms with E-state index in [9.17, 15) is 0 Å². The molecule has 2 atom stereocenters. The molecule has 1 aliphatic heterocycles. The molecule has 2 aromatic carbocycles. The average molecular weight is 412 g/mol. The zero-order chi connectivity index (χ0) is 18.9. The second kappa shape index (κ2) is 7.62. The monoisotopic (exact) mass is 411 g/mol. The molecule has 5 rings (SSSR count). The van der Waals surface area contributed by atoms with Gasteiger partial charge in [0.15, 0.2) is 6.54 Å². The van der Waals surface area contributed by atoms with Gasteiger partial charge in [-0.25, -0.2) is 4.98 Å². The Labute approximate surface area is 172 Å². The highest BCUT2D eigenvalue weighted by Crippen LogP contribution is 2.30. The van der Waals surface area contributed by atoms with Crippen molar-refractivity contribution in [3.63, 3.8) is 0 Å². The van der Waals surface area contributed by atoms with E-state index in [0.717, 1.165) is 30.7 Å². The van der Waals surface area contributed by atoms with Crippen molar-refractivity contribution < 1.29 is 9.42 Å². The SMILES string of the molecule is Clc1ccc(-c2noc(C[NH+]3CCC[C@H](c4nc5ccccc5s4)C3)n2)cc1. The van der Waals surface area contributed by atoms with E-state index in [1.807, 2.05) is 35.6 Å². The molecule has 0 saturated carbocycles. The fourth-order valence-electron chi connectivity index (χ4n) is 3.84. The van der Waals surface area contributed by atoms with Gasteiger partial charge in [0, 0.05) is 10.6 Å². The van der Waals surface area contributed by atoms with Crippen LogP contribution >= 0.6 is 22.9 Å². The average Bonchev–Trinajstić information content (AvgIpc) is 3.36. The maximum atomic E-state index is 5.95. The number of fused-ring (bicyclic) bond motifs is 1. The van der Waals surface area contributed by atoms with Crippen molar-refractivity contribution in [1.82, 2.24) is 15.1 Å². The van der Waals surface area contributed by atoms with E-state index < -0.39 is 0 Å². The van der Waals surface area contributed by atoms with Crippen LogP contribution in [0.3, 0.4) is 0 Å². The lowest BCUT2D eigenvalue weighted by Gasteiger charge is -2.27. The van der Waals surface area contributed by atoms with Crippen LogP contribution in [0.5, 0.6) is 0 Å². The van der Waals surface area contributed by atoms with Crippen LogP contribution < -0.4 is 4.90 Å². The van der Waals surface area contributed by atoms with Crippen molar-refractivity contribution in [2.75, 3.05) is 13.1 Å². The summed E-state index contributed by atoms with van der Waals surface area (Å²) in [7, 11) is 0. The first-order valence-corrected chi connectivity index (χ1v) is 10.7. The molecule has 1 aliphatic rings. The van der Waals surface area contributed by atoms with Gasteiger partial charge in [0.1, 0.15) is 5.01 Å². The topological polar surface area (TPSA) is 56.2 Å². The Morgan fingerprint density at radius 1 is 1.11 bits per heavy atom. The van der Waals surface area contributed by atoms with Crippen LogP contribution in [0.15, 0.2) is 53.1 Å². The molecule has 1 unspecified atom stereocenters. The number of hydrogen-bond acceptors (Lipinski definition) is 5. The molecular formula is C21H20ClN4OS+. The lowest BCUT2D eigenvalue weighted by Crippen LogP contribution is -3.12. The molecule has 0 radical (unpaired) electrons. The first-order valence-electron chi connectivity index (χ1n) is 9.52. The number of thiazole rings is 1. The quantitative estimate of drug-likeness (QED) is 0.552. The molecule has 5 nitrogen and oxygen atoms in total. The van der Waals surface area contributed by atoms with Gasteiger partial charge >= 0.3 is 0 Å². The summed E-state index contributed by atoms with van der Waals surface area (Å²) in [4.78, 5) is 10.9. The largest absolute Gasteiger partial charge is 0.333 e. The summed E-state index contributed by atoms with van der Waals surface area (Å²) in [5.74, 6) is 1.80. The molecule has 28 heavy (non-hydrogen) atoms. The summed E-state index contributed by atoms with van der Waals surface area (Å²) >= 11 is 7.78. The molecule has 2 aromatic heterocycles. The molecule has 1 fully saturated rings. The predicted octanol–water partition coefficient (Wildman–Crippen LogP) is 3.96. The lowest BCUT2D eigenvalue weighted by atomic mass is 9.99. The third kappa shape index (κ3) is 3.68. The zero-order valence-electron chi connectivity index (χ0n) is 15.3. The van der Waals surface area contributed by atoms with Gasteiger partial charge in [0.05, 0.1) is 29.2 Å². The molecule has 142 valence electrons. The Hall–Kier alpha value is -2.28. The van der Waals surface area contributed by atoms with Gasteiger partial charge in [0.25, 0.3) is 5.89 Å². The second-order valence-electron chi connectivity index (χ2n) is 7.26. The van der Waals surface area contributed by atoms with Crippen LogP contribution in [-0.2, 0) is 6.54 Å². The lowest BCUT2D eigenvalue weighted by molar-refractivity contribution is -0.921. The molecule has 1 saturated heterocycles. The summed E-state index contributed by atoms with van der Waals surface area (Å²) in [6.45, 7) is 2.93. The van der Waals surface area contributed by atoms with Crippen LogP contribution in [0.25, 0.3) is 21.6 Å². The highest BCUT2D eigenvalue weighted by atomic mass is 35.5. The maximum absolute atomic E-state index is 5.95. The standard InChI is InChI=1S/C21H19ClN4OS/c22-16-9-7-14(8-10-16)20-24-19(27-25-20)13-26-11-3-4-15(12-26)21-23-17-5-1-2-6-18(17)28-21/h1-2,5-10,15H,3-4,11-13H2/p+1/t15-/m0/s1. The van der Waals surface area contributed by atoms with Crippen LogP contribution in [0.1, 0.15) is 29.7 Å². The van der Waals surface area contributed by atoms with E-state index >= 15 is 0 Å². The van der Waals surface area contributed by atoms with Gasteiger partial charge in [-0.05, 0) is 49.2 Å². The predicted molar refractivity (Wildman–Crippen MR) is 111 cm³/mol. The highest BCUT2D eigenvalue weighted by Gasteiger charge is 2.28. The van der Waals surface area contributed by atoms with Gasteiger partial charge in [-0.15, -0.1) is 11.3 Å². The first kappa shape index (κ1) is 17.8. The Kier molecular flexibility index (Phi) is 4.84. The number of quaternary nitrogens is 1.